The standard InChI is InChI=1S/C8H10N2O3S.Na/c9-6-1-3-7(4-2-6)14(12,13)5-8(10)11;/h1-4H,5,9H2,(H2,10,11);. The van der Waals surface area contributed by atoms with Gasteiger partial charge in [-0.2, -0.15) is 0 Å². The smallest absolute Gasteiger partial charge is 0.233 e. The number of nitrogen functional groups attached to an aromatic ring is 1. The Balaban J connectivity index is 0.00000196. The normalized spacial score (nSPS) is 10.4. The third-order valence-electron chi connectivity index (χ3n) is 1.57. The second kappa shape index (κ2) is 5.50. The van der Waals surface area contributed by atoms with E-state index in [2.05, 4.69) is 0 Å². The van der Waals surface area contributed by atoms with Gasteiger partial charge >= 0.3 is 0 Å². The van der Waals surface area contributed by atoms with Crippen molar-refractivity contribution in [3.05, 3.63) is 24.3 Å². The second-order valence-electron chi connectivity index (χ2n) is 2.79. The van der Waals surface area contributed by atoms with Crippen molar-refractivity contribution in [1.29, 1.82) is 0 Å². The second-order valence-corrected chi connectivity index (χ2v) is 4.78. The molecule has 0 aliphatic heterocycles. The van der Waals surface area contributed by atoms with Crippen LogP contribution in [0.5, 0.6) is 0 Å². The number of hydrogen-bond acceptors (Lipinski definition) is 4. The Bertz CT molecular complexity index is 441. The first-order valence-corrected chi connectivity index (χ1v) is 5.43. The minimum atomic E-state index is -3.61. The monoisotopic (exact) mass is 237 g/mol. The average Bonchev–Trinajstić information content (AvgIpc) is 2.02. The fourth-order valence-electron chi connectivity index (χ4n) is 0.946. The van der Waals surface area contributed by atoms with Crippen molar-refractivity contribution >= 4 is 51.0 Å². The van der Waals surface area contributed by atoms with Crippen LogP contribution in [0, 0.1) is 0 Å². The van der Waals surface area contributed by atoms with Crippen LogP contribution in [0.4, 0.5) is 5.69 Å². The molecule has 0 heterocycles. The molecule has 0 fully saturated rings. The van der Waals surface area contributed by atoms with Gasteiger partial charge in [-0.1, -0.05) is 0 Å². The molecule has 0 atom stereocenters. The van der Waals surface area contributed by atoms with Gasteiger partial charge in [0.25, 0.3) is 0 Å². The maximum Gasteiger partial charge on any atom is 0.233 e. The first-order chi connectivity index (χ1) is 6.42. The summed E-state index contributed by atoms with van der Waals surface area (Å²) in [6, 6.07) is 5.59. The summed E-state index contributed by atoms with van der Waals surface area (Å²) in [5, 5.41) is 0. The van der Waals surface area contributed by atoms with Crippen LogP contribution in [0.15, 0.2) is 29.2 Å². The number of sulfone groups is 1. The number of nitrogens with two attached hydrogens (primary N) is 2. The van der Waals surface area contributed by atoms with E-state index in [0.717, 1.165) is 0 Å². The Morgan fingerprint density at radius 3 is 2.07 bits per heavy atom. The molecule has 0 saturated carbocycles. The summed E-state index contributed by atoms with van der Waals surface area (Å²) in [5.41, 5.74) is 10.6. The molecule has 5 nitrogen and oxygen atoms in total. The molecule has 1 radical (unpaired) electrons. The molecule has 15 heavy (non-hydrogen) atoms. The van der Waals surface area contributed by atoms with Crippen molar-refractivity contribution < 1.29 is 13.2 Å². The van der Waals surface area contributed by atoms with E-state index in [4.69, 9.17) is 11.5 Å². The number of carbonyl (C=O) groups excluding carboxylic acids is 1. The van der Waals surface area contributed by atoms with Crippen LogP contribution in [-0.2, 0) is 14.6 Å². The minimum Gasteiger partial charge on any atom is -0.399 e. The molecule has 0 bridgehead atoms. The molecule has 1 rings (SSSR count). The van der Waals surface area contributed by atoms with Crippen LogP contribution in [0.3, 0.4) is 0 Å². The van der Waals surface area contributed by atoms with Gasteiger partial charge in [-0.25, -0.2) is 8.42 Å². The number of amides is 1. The maximum absolute atomic E-state index is 11.4. The average molecular weight is 237 g/mol. The van der Waals surface area contributed by atoms with E-state index in [1.165, 1.54) is 24.3 Å². The van der Waals surface area contributed by atoms with Crippen LogP contribution >= 0.6 is 0 Å². The van der Waals surface area contributed by atoms with Gasteiger partial charge in [0.05, 0.1) is 4.90 Å². The van der Waals surface area contributed by atoms with Gasteiger partial charge < -0.3 is 11.5 Å². The quantitative estimate of drug-likeness (QED) is 0.527. The summed E-state index contributed by atoms with van der Waals surface area (Å²) < 4.78 is 22.8. The Kier molecular flexibility index (Phi) is 5.30. The SMILES string of the molecule is NC(=O)CS(=O)(=O)c1ccc(N)cc1.[Na]. The fourth-order valence-corrected chi connectivity index (χ4v) is 2.04. The Morgan fingerprint density at radius 2 is 1.67 bits per heavy atom. The summed E-state index contributed by atoms with van der Waals surface area (Å²) in [4.78, 5) is 10.5. The van der Waals surface area contributed by atoms with Crippen molar-refractivity contribution in [3.8, 4) is 0 Å². The Morgan fingerprint density at radius 1 is 1.20 bits per heavy atom. The molecule has 0 unspecified atom stereocenters. The van der Waals surface area contributed by atoms with Crippen LogP contribution in [0.25, 0.3) is 0 Å². The zero-order valence-corrected chi connectivity index (χ0v) is 11.1. The molecule has 1 aromatic rings. The molecule has 0 spiro atoms. The number of primary amides is 1. The summed E-state index contributed by atoms with van der Waals surface area (Å²) >= 11 is 0. The van der Waals surface area contributed by atoms with Crippen molar-refractivity contribution in [1.82, 2.24) is 0 Å². The van der Waals surface area contributed by atoms with Crippen LogP contribution in [0.2, 0.25) is 0 Å². The Hall–Kier alpha value is -0.560. The minimum absolute atomic E-state index is 0. The van der Waals surface area contributed by atoms with Crippen LogP contribution < -0.4 is 11.5 Å². The Labute approximate surface area is 110 Å². The molecule has 1 aromatic carbocycles. The van der Waals surface area contributed by atoms with E-state index in [1.54, 1.807) is 0 Å². The topological polar surface area (TPSA) is 103 Å². The van der Waals surface area contributed by atoms with E-state index < -0.39 is 21.5 Å². The van der Waals surface area contributed by atoms with E-state index in [0.29, 0.717) is 5.69 Å². The summed E-state index contributed by atoms with van der Waals surface area (Å²) in [6.07, 6.45) is 0. The third kappa shape index (κ3) is 4.21. The predicted octanol–water partition coefficient (Wildman–Crippen LogP) is -0.853. The number of rotatable bonds is 3. The molecular formula is C8H10N2NaO3S. The molecule has 0 aromatic heterocycles. The van der Waals surface area contributed by atoms with Gasteiger partial charge in [0.15, 0.2) is 9.84 Å². The molecule has 77 valence electrons. The van der Waals surface area contributed by atoms with Crippen LogP contribution in [0.1, 0.15) is 0 Å². The molecular weight excluding hydrogens is 227 g/mol. The zero-order chi connectivity index (χ0) is 10.8. The summed E-state index contributed by atoms with van der Waals surface area (Å²) in [5.74, 6) is -1.56. The molecule has 0 aliphatic carbocycles. The van der Waals surface area contributed by atoms with Gasteiger partial charge in [-0.05, 0) is 24.3 Å². The van der Waals surface area contributed by atoms with Crippen molar-refractivity contribution in [2.75, 3.05) is 11.5 Å². The van der Waals surface area contributed by atoms with Crippen molar-refractivity contribution in [2.45, 2.75) is 4.90 Å². The van der Waals surface area contributed by atoms with Gasteiger partial charge in [0.1, 0.15) is 5.75 Å². The summed E-state index contributed by atoms with van der Waals surface area (Å²) in [7, 11) is -3.61. The van der Waals surface area contributed by atoms with Crippen molar-refractivity contribution in [3.63, 3.8) is 0 Å². The maximum atomic E-state index is 11.4. The number of carbonyl (C=O) groups is 1. The van der Waals surface area contributed by atoms with E-state index in [1.807, 2.05) is 0 Å². The summed E-state index contributed by atoms with van der Waals surface area (Å²) in [6.45, 7) is 0. The number of hydrogen-bond donors (Lipinski definition) is 2. The van der Waals surface area contributed by atoms with E-state index in [9.17, 15) is 13.2 Å². The molecule has 1 amide bonds. The fraction of sp³-hybridized carbons (Fsp3) is 0.125. The molecule has 7 heteroatoms. The van der Waals surface area contributed by atoms with E-state index in [-0.39, 0.29) is 34.5 Å². The van der Waals surface area contributed by atoms with Gasteiger partial charge in [0, 0.05) is 35.2 Å². The van der Waals surface area contributed by atoms with Gasteiger partial charge in [0.2, 0.25) is 5.91 Å². The largest absolute Gasteiger partial charge is 0.399 e. The van der Waals surface area contributed by atoms with Crippen molar-refractivity contribution in [2.24, 2.45) is 5.73 Å². The van der Waals surface area contributed by atoms with Gasteiger partial charge in [-0.15, -0.1) is 0 Å². The van der Waals surface area contributed by atoms with E-state index >= 15 is 0 Å². The van der Waals surface area contributed by atoms with Crippen LogP contribution in [-0.4, -0.2) is 49.6 Å². The molecule has 0 saturated heterocycles. The zero-order valence-electron chi connectivity index (χ0n) is 8.30. The first kappa shape index (κ1) is 14.4. The number of benzene rings is 1. The first-order valence-electron chi connectivity index (χ1n) is 3.78. The van der Waals surface area contributed by atoms with Gasteiger partial charge in [-0.3, -0.25) is 4.79 Å². The third-order valence-corrected chi connectivity index (χ3v) is 3.23. The molecule has 4 N–H and O–H groups in total. The number of anilines is 1. The predicted molar refractivity (Wildman–Crippen MR) is 57.9 cm³/mol. The molecule has 0 aliphatic rings.